The van der Waals surface area contributed by atoms with Gasteiger partial charge in [-0.3, -0.25) is 14.5 Å². The summed E-state index contributed by atoms with van der Waals surface area (Å²) in [5.41, 5.74) is 1.78. The summed E-state index contributed by atoms with van der Waals surface area (Å²) in [6.45, 7) is 1.11. The molecule has 0 bridgehead atoms. The molecule has 0 aromatic heterocycles. The number of fused-ring (bicyclic) bond motifs is 1. The molecule has 1 heterocycles. The molecule has 0 aliphatic carbocycles. The van der Waals surface area contributed by atoms with Crippen molar-refractivity contribution in [2.45, 2.75) is 6.54 Å². The molecule has 1 aliphatic rings. The number of thioether (sulfide) groups is 1. The van der Waals surface area contributed by atoms with E-state index >= 15 is 0 Å². The molecule has 0 atom stereocenters. The second-order valence-electron chi connectivity index (χ2n) is 7.99. The van der Waals surface area contributed by atoms with Crippen LogP contribution in [-0.4, -0.2) is 29.3 Å². The summed E-state index contributed by atoms with van der Waals surface area (Å²) >= 11 is 0.971. The lowest BCUT2D eigenvalue weighted by Crippen LogP contribution is -2.27. The fourth-order valence-electron chi connectivity index (χ4n) is 3.88. The van der Waals surface area contributed by atoms with Gasteiger partial charge in [-0.25, -0.2) is 0 Å². The Balaban J connectivity index is 1.20. The average Bonchev–Trinajstić information content (AvgIpc) is 3.15. The largest absolute Gasteiger partial charge is 0.490 e. The van der Waals surface area contributed by atoms with E-state index < -0.39 is 0 Å². The molecule has 0 saturated carbocycles. The molecule has 1 saturated heterocycles. The zero-order valence-electron chi connectivity index (χ0n) is 18.9. The summed E-state index contributed by atoms with van der Waals surface area (Å²) in [6.07, 6.45) is 1.75. The van der Waals surface area contributed by atoms with Crippen LogP contribution in [0.1, 0.15) is 11.1 Å². The smallest absolute Gasteiger partial charge is 0.293 e. The number of carbonyl (C=O) groups excluding carboxylic acids is 2. The molecule has 35 heavy (non-hydrogen) atoms. The third-order valence-corrected chi connectivity index (χ3v) is 6.53. The summed E-state index contributed by atoms with van der Waals surface area (Å²) in [6, 6.07) is 30.9. The van der Waals surface area contributed by atoms with Crippen LogP contribution in [0, 0.1) is 0 Å². The van der Waals surface area contributed by atoms with E-state index in [4.69, 9.17) is 9.47 Å². The molecule has 1 aliphatic heterocycles. The van der Waals surface area contributed by atoms with Gasteiger partial charge in [-0.15, -0.1) is 0 Å². The van der Waals surface area contributed by atoms with Gasteiger partial charge in [-0.05, 0) is 64.0 Å². The Kier molecular flexibility index (Phi) is 6.82. The van der Waals surface area contributed by atoms with Crippen molar-refractivity contribution in [2.75, 3.05) is 13.2 Å². The number of carbonyl (C=O) groups is 2. The fourth-order valence-corrected chi connectivity index (χ4v) is 4.72. The fraction of sp³-hybridized carbons (Fsp3) is 0.103. The van der Waals surface area contributed by atoms with Gasteiger partial charge in [-0.1, -0.05) is 72.8 Å². The average molecular weight is 482 g/mol. The number of rotatable bonds is 8. The van der Waals surface area contributed by atoms with Gasteiger partial charge in [0.2, 0.25) is 0 Å². The number of para-hydroxylation sites is 1. The van der Waals surface area contributed by atoms with Gasteiger partial charge < -0.3 is 9.47 Å². The Labute approximate surface area is 208 Å². The maximum atomic E-state index is 13.0. The zero-order valence-corrected chi connectivity index (χ0v) is 19.7. The molecule has 5 nitrogen and oxygen atoms in total. The quantitative estimate of drug-likeness (QED) is 0.211. The third kappa shape index (κ3) is 5.39. The van der Waals surface area contributed by atoms with E-state index in [1.807, 2.05) is 97.1 Å². The van der Waals surface area contributed by atoms with Crippen LogP contribution in [0.4, 0.5) is 4.79 Å². The van der Waals surface area contributed by atoms with Gasteiger partial charge in [-0.2, -0.15) is 0 Å². The first-order valence-electron chi connectivity index (χ1n) is 11.3. The molecule has 4 aromatic carbocycles. The predicted octanol–water partition coefficient (Wildman–Crippen LogP) is 6.53. The first kappa shape index (κ1) is 22.7. The summed E-state index contributed by atoms with van der Waals surface area (Å²) in [5, 5.41) is 1.87. The summed E-state index contributed by atoms with van der Waals surface area (Å²) in [7, 11) is 0. The zero-order chi connectivity index (χ0) is 24.0. The van der Waals surface area contributed by atoms with E-state index in [1.54, 1.807) is 6.08 Å². The first-order chi connectivity index (χ1) is 17.2. The summed E-state index contributed by atoms with van der Waals surface area (Å²) in [4.78, 5) is 27.3. The summed E-state index contributed by atoms with van der Waals surface area (Å²) in [5.74, 6) is 1.25. The minimum absolute atomic E-state index is 0.251. The second kappa shape index (κ2) is 10.5. The van der Waals surface area contributed by atoms with Crippen molar-refractivity contribution in [1.82, 2.24) is 4.90 Å². The van der Waals surface area contributed by atoms with Crippen LogP contribution in [0.15, 0.2) is 102 Å². The van der Waals surface area contributed by atoms with E-state index in [0.717, 1.165) is 39.4 Å². The number of ether oxygens (including phenoxy) is 2. The molecule has 0 spiro atoms. The SMILES string of the molecule is O=C1S/C(=C/c2ccc(OCCOc3ccccc3)cc2)C(=O)N1Cc1cccc2ccccc12. The van der Waals surface area contributed by atoms with Crippen molar-refractivity contribution < 1.29 is 19.1 Å². The topological polar surface area (TPSA) is 55.8 Å². The van der Waals surface area contributed by atoms with E-state index in [-0.39, 0.29) is 17.7 Å². The van der Waals surface area contributed by atoms with Crippen LogP contribution in [0.3, 0.4) is 0 Å². The lowest BCUT2D eigenvalue weighted by atomic mass is 10.0. The number of hydrogen-bond donors (Lipinski definition) is 0. The van der Waals surface area contributed by atoms with Crippen molar-refractivity contribution in [1.29, 1.82) is 0 Å². The normalized spacial score (nSPS) is 14.6. The van der Waals surface area contributed by atoms with Crippen LogP contribution in [0.5, 0.6) is 11.5 Å². The molecule has 4 aromatic rings. The molecular weight excluding hydrogens is 458 g/mol. The highest BCUT2D eigenvalue weighted by Crippen LogP contribution is 2.34. The minimum atomic E-state index is -0.272. The summed E-state index contributed by atoms with van der Waals surface area (Å²) < 4.78 is 11.4. The van der Waals surface area contributed by atoms with Crippen molar-refractivity contribution in [3.8, 4) is 11.5 Å². The van der Waals surface area contributed by atoms with E-state index in [9.17, 15) is 9.59 Å². The standard InChI is InChI=1S/C29H23NO4S/c31-28-27(35-29(32)30(28)20-23-9-6-8-22-7-4-5-12-26(22)23)19-21-13-15-25(16-14-21)34-18-17-33-24-10-2-1-3-11-24/h1-16,19H,17-18,20H2/b27-19+. The van der Waals surface area contributed by atoms with Gasteiger partial charge in [0.05, 0.1) is 11.4 Å². The van der Waals surface area contributed by atoms with Gasteiger partial charge in [0.1, 0.15) is 24.7 Å². The van der Waals surface area contributed by atoms with Gasteiger partial charge in [0.15, 0.2) is 0 Å². The maximum Gasteiger partial charge on any atom is 0.293 e. The van der Waals surface area contributed by atoms with Crippen molar-refractivity contribution >= 4 is 39.8 Å². The van der Waals surface area contributed by atoms with Gasteiger partial charge in [0, 0.05) is 0 Å². The van der Waals surface area contributed by atoms with Crippen LogP contribution in [0.25, 0.3) is 16.8 Å². The Morgan fingerprint density at radius 2 is 1.37 bits per heavy atom. The monoisotopic (exact) mass is 481 g/mol. The van der Waals surface area contributed by atoms with Crippen molar-refractivity contribution in [3.05, 3.63) is 113 Å². The van der Waals surface area contributed by atoms with Crippen molar-refractivity contribution in [2.24, 2.45) is 0 Å². The highest BCUT2D eigenvalue weighted by molar-refractivity contribution is 8.18. The highest BCUT2D eigenvalue weighted by Gasteiger charge is 2.35. The molecule has 0 radical (unpaired) electrons. The molecule has 0 unspecified atom stereocenters. The Bertz CT molecular complexity index is 1380. The highest BCUT2D eigenvalue weighted by atomic mass is 32.2. The van der Waals surface area contributed by atoms with Gasteiger partial charge >= 0.3 is 0 Å². The van der Waals surface area contributed by atoms with E-state index in [0.29, 0.717) is 23.9 Å². The van der Waals surface area contributed by atoms with Crippen LogP contribution in [0.2, 0.25) is 0 Å². The Hall–Kier alpha value is -4.03. The van der Waals surface area contributed by atoms with Crippen LogP contribution >= 0.6 is 11.8 Å². The lowest BCUT2D eigenvalue weighted by molar-refractivity contribution is -0.123. The van der Waals surface area contributed by atoms with E-state index in [1.165, 1.54) is 4.90 Å². The lowest BCUT2D eigenvalue weighted by Gasteiger charge is -2.14. The second-order valence-corrected chi connectivity index (χ2v) is 8.98. The predicted molar refractivity (Wildman–Crippen MR) is 139 cm³/mol. The molecule has 1 fully saturated rings. The molecule has 2 amide bonds. The van der Waals surface area contributed by atoms with Crippen molar-refractivity contribution in [3.63, 3.8) is 0 Å². The third-order valence-electron chi connectivity index (χ3n) is 5.62. The number of nitrogens with zero attached hydrogens (tertiary/aromatic N) is 1. The van der Waals surface area contributed by atoms with E-state index in [2.05, 4.69) is 0 Å². The number of hydrogen-bond acceptors (Lipinski definition) is 5. The maximum absolute atomic E-state index is 13.0. The van der Waals surface area contributed by atoms with Crippen LogP contribution in [-0.2, 0) is 11.3 Å². The number of benzene rings is 4. The molecular formula is C29H23NO4S. The Morgan fingerprint density at radius 1 is 0.714 bits per heavy atom. The molecule has 5 rings (SSSR count). The minimum Gasteiger partial charge on any atom is -0.490 e. The Morgan fingerprint density at radius 3 is 2.14 bits per heavy atom. The van der Waals surface area contributed by atoms with Crippen LogP contribution < -0.4 is 9.47 Å². The molecule has 6 heteroatoms. The first-order valence-corrected chi connectivity index (χ1v) is 12.1. The number of amides is 2. The van der Waals surface area contributed by atoms with Gasteiger partial charge in [0.25, 0.3) is 11.1 Å². The number of imide groups is 1. The molecule has 0 N–H and O–H groups in total. The molecule has 174 valence electrons.